The van der Waals surface area contributed by atoms with Crippen molar-refractivity contribution in [2.75, 3.05) is 5.32 Å². The summed E-state index contributed by atoms with van der Waals surface area (Å²) < 4.78 is 4.98. The van der Waals surface area contributed by atoms with Gasteiger partial charge < -0.3 is 14.8 Å². The van der Waals surface area contributed by atoms with Crippen LogP contribution in [-0.4, -0.2) is 17.0 Å². The Bertz CT molecular complexity index is 658. The van der Waals surface area contributed by atoms with E-state index in [1.807, 2.05) is 0 Å². The molecule has 1 heterocycles. The number of rotatable bonds is 4. The zero-order chi connectivity index (χ0) is 14.5. The predicted octanol–water partition coefficient (Wildman–Crippen LogP) is 3.28. The fourth-order valence-electron chi connectivity index (χ4n) is 1.47. The Morgan fingerprint density at radius 1 is 1.15 bits per heavy atom. The number of amides is 1. The van der Waals surface area contributed by atoms with Crippen molar-refractivity contribution in [2.45, 2.75) is 0 Å². The Morgan fingerprint density at radius 3 is 2.40 bits per heavy atom. The molecule has 0 aliphatic carbocycles. The zero-order valence-corrected chi connectivity index (χ0v) is 10.9. The van der Waals surface area contributed by atoms with Gasteiger partial charge in [0, 0.05) is 11.8 Å². The number of halogens is 1. The molecule has 0 atom stereocenters. The summed E-state index contributed by atoms with van der Waals surface area (Å²) in [5.41, 5.74) is 1.28. The molecular formula is C14H10ClNO4. The van der Waals surface area contributed by atoms with E-state index in [9.17, 15) is 9.59 Å². The highest BCUT2D eigenvalue weighted by Crippen LogP contribution is 2.16. The number of carboxylic acids is 1. The van der Waals surface area contributed by atoms with Crippen molar-refractivity contribution >= 4 is 35.2 Å². The van der Waals surface area contributed by atoms with Crippen LogP contribution in [0.5, 0.6) is 0 Å². The van der Waals surface area contributed by atoms with Crippen molar-refractivity contribution < 1.29 is 19.1 Å². The molecule has 5 nitrogen and oxygen atoms in total. The second-order valence-corrected chi connectivity index (χ2v) is 4.22. The molecule has 0 spiro atoms. The first-order valence-corrected chi connectivity index (χ1v) is 6.00. The highest BCUT2D eigenvalue weighted by molar-refractivity contribution is 6.29. The molecular weight excluding hydrogens is 282 g/mol. The van der Waals surface area contributed by atoms with Gasteiger partial charge in [-0.05, 0) is 47.5 Å². The molecule has 0 saturated carbocycles. The summed E-state index contributed by atoms with van der Waals surface area (Å²) in [6, 6.07) is 9.64. The van der Waals surface area contributed by atoms with Gasteiger partial charge >= 0.3 is 5.97 Å². The molecule has 0 aliphatic heterocycles. The lowest BCUT2D eigenvalue weighted by Crippen LogP contribution is -2.10. The Kier molecular flexibility index (Phi) is 4.22. The van der Waals surface area contributed by atoms with E-state index >= 15 is 0 Å². The minimum atomic E-state index is -1.02. The van der Waals surface area contributed by atoms with Gasteiger partial charge in [-0.2, -0.15) is 0 Å². The smallest absolute Gasteiger partial charge is 0.328 e. The summed E-state index contributed by atoms with van der Waals surface area (Å²) in [5.74, 6) is -1.31. The summed E-state index contributed by atoms with van der Waals surface area (Å²) >= 11 is 5.59. The largest absolute Gasteiger partial charge is 0.478 e. The number of furan rings is 1. The van der Waals surface area contributed by atoms with Gasteiger partial charge in [0.25, 0.3) is 5.91 Å². The molecule has 1 aromatic carbocycles. The van der Waals surface area contributed by atoms with Crippen molar-refractivity contribution in [3.63, 3.8) is 0 Å². The van der Waals surface area contributed by atoms with Gasteiger partial charge in [0.1, 0.15) is 0 Å². The molecule has 102 valence electrons. The SMILES string of the molecule is O=C(O)/C=C/c1ccc(NC(=O)c2ccc(Cl)o2)cc1. The van der Waals surface area contributed by atoms with E-state index in [2.05, 4.69) is 5.32 Å². The van der Waals surface area contributed by atoms with Gasteiger partial charge in [0.05, 0.1) is 0 Å². The van der Waals surface area contributed by atoms with Crippen LogP contribution in [0.4, 0.5) is 5.69 Å². The van der Waals surface area contributed by atoms with Crippen molar-refractivity contribution in [1.29, 1.82) is 0 Å². The number of benzene rings is 1. The normalized spacial score (nSPS) is 10.7. The summed E-state index contributed by atoms with van der Waals surface area (Å²) in [6.45, 7) is 0. The summed E-state index contributed by atoms with van der Waals surface area (Å²) in [7, 11) is 0. The molecule has 2 aromatic rings. The number of carboxylic acid groups (broad SMARTS) is 1. The van der Waals surface area contributed by atoms with Crippen LogP contribution in [-0.2, 0) is 4.79 Å². The third-order valence-electron chi connectivity index (χ3n) is 2.38. The number of carbonyl (C=O) groups is 2. The quantitative estimate of drug-likeness (QED) is 0.847. The Hall–Kier alpha value is -2.53. The van der Waals surface area contributed by atoms with E-state index < -0.39 is 11.9 Å². The maximum absolute atomic E-state index is 11.8. The van der Waals surface area contributed by atoms with Gasteiger partial charge in [0.2, 0.25) is 0 Å². The monoisotopic (exact) mass is 291 g/mol. The molecule has 0 fully saturated rings. The van der Waals surface area contributed by atoms with E-state index in [-0.39, 0.29) is 11.0 Å². The minimum Gasteiger partial charge on any atom is -0.478 e. The Labute approximate surface area is 119 Å². The first-order chi connectivity index (χ1) is 9.54. The molecule has 0 radical (unpaired) electrons. The molecule has 2 rings (SSSR count). The van der Waals surface area contributed by atoms with Gasteiger partial charge in [0.15, 0.2) is 11.0 Å². The van der Waals surface area contributed by atoms with Gasteiger partial charge in [-0.25, -0.2) is 4.79 Å². The predicted molar refractivity (Wildman–Crippen MR) is 74.8 cm³/mol. The van der Waals surface area contributed by atoms with Crippen LogP contribution in [0.25, 0.3) is 6.08 Å². The van der Waals surface area contributed by atoms with E-state index in [1.54, 1.807) is 24.3 Å². The van der Waals surface area contributed by atoms with Gasteiger partial charge in [-0.15, -0.1) is 0 Å². The maximum atomic E-state index is 11.8. The molecule has 6 heteroatoms. The third kappa shape index (κ3) is 3.73. The number of aliphatic carboxylic acids is 1. The fraction of sp³-hybridized carbons (Fsp3) is 0. The molecule has 0 saturated heterocycles. The number of hydrogen-bond donors (Lipinski definition) is 2. The molecule has 0 unspecified atom stereocenters. The molecule has 20 heavy (non-hydrogen) atoms. The third-order valence-corrected chi connectivity index (χ3v) is 2.59. The lowest BCUT2D eigenvalue weighted by Gasteiger charge is -2.03. The minimum absolute atomic E-state index is 0.116. The van der Waals surface area contributed by atoms with Crippen molar-refractivity contribution in [3.05, 3.63) is 59.0 Å². The highest BCUT2D eigenvalue weighted by Gasteiger charge is 2.10. The molecule has 1 aromatic heterocycles. The van der Waals surface area contributed by atoms with Crippen LogP contribution >= 0.6 is 11.6 Å². The van der Waals surface area contributed by atoms with Crippen LogP contribution in [0.1, 0.15) is 16.1 Å². The average Bonchev–Trinajstić information content (AvgIpc) is 2.85. The van der Waals surface area contributed by atoms with E-state index in [0.29, 0.717) is 11.3 Å². The molecule has 2 N–H and O–H groups in total. The van der Waals surface area contributed by atoms with Crippen molar-refractivity contribution in [2.24, 2.45) is 0 Å². The van der Waals surface area contributed by atoms with Gasteiger partial charge in [-0.3, -0.25) is 4.79 Å². The lowest BCUT2D eigenvalue weighted by molar-refractivity contribution is -0.131. The fourth-order valence-corrected chi connectivity index (χ4v) is 1.62. The first-order valence-electron chi connectivity index (χ1n) is 5.62. The van der Waals surface area contributed by atoms with Crippen LogP contribution in [0.2, 0.25) is 5.22 Å². The second kappa shape index (κ2) is 6.08. The number of carbonyl (C=O) groups excluding carboxylic acids is 1. The molecule has 0 bridgehead atoms. The highest BCUT2D eigenvalue weighted by atomic mass is 35.5. The summed E-state index contributed by atoms with van der Waals surface area (Å²) in [6.07, 6.45) is 2.50. The number of anilines is 1. The van der Waals surface area contributed by atoms with Crippen LogP contribution < -0.4 is 5.32 Å². The molecule has 1 amide bonds. The van der Waals surface area contributed by atoms with Crippen LogP contribution in [0, 0.1) is 0 Å². The average molecular weight is 292 g/mol. The van der Waals surface area contributed by atoms with Crippen molar-refractivity contribution in [3.8, 4) is 0 Å². The molecule has 0 aliphatic rings. The zero-order valence-electron chi connectivity index (χ0n) is 10.2. The second-order valence-electron chi connectivity index (χ2n) is 3.85. The van der Waals surface area contributed by atoms with E-state index in [1.165, 1.54) is 18.2 Å². The van der Waals surface area contributed by atoms with Crippen molar-refractivity contribution in [1.82, 2.24) is 0 Å². The lowest BCUT2D eigenvalue weighted by atomic mass is 10.2. The van der Waals surface area contributed by atoms with E-state index in [4.69, 9.17) is 21.1 Å². The van der Waals surface area contributed by atoms with Gasteiger partial charge in [-0.1, -0.05) is 12.1 Å². The summed E-state index contributed by atoms with van der Waals surface area (Å²) in [5, 5.41) is 11.3. The van der Waals surface area contributed by atoms with Crippen LogP contribution in [0.3, 0.4) is 0 Å². The number of nitrogens with one attached hydrogen (secondary N) is 1. The maximum Gasteiger partial charge on any atom is 0.328 e. The van der Waals surface area contributed by atoms with Crippen LogP contribution in [0.15, 0.2) is 46.9 Å². The Balaban J connectivity index is 2.03. The topological polar surface area (TPSA) is 79.5 Å². The Morgan fingerprint density at radius 2 is 1.85 bits per heavy atom. The standard InChI is InChI=1S/C14H10ClNO4/c15-12-7-6-11(20-12)14(19)16-10-4-1-9(2-5-10)3-8-13(17)18/h1-8H,(H,16,19)(H,17,18)/b8-3+. The first kappa shape index (κ1) is 13.9. The summed E-state index contributed by atoms with van der Waals surface area (Å²) in [4.78, 5) is 22.2. The number of hydrogen-bond acceptors (Lipinski definition) is 3. The van der Waals surface area contributed by atoms with E-state index in [0.717, 1.165) is 6.08 Å².